The Bertz CT molecular complexity index is 373. The van der Waals surface area contributed by atoms with E-state index >= 15 is 0 Å². The molecule has 0 spiro atoms. The summed E-state index contributed by atoms with van der Waals surface area (Å²) in [5, 5.41) is 10.9. The first-order chi connectivity index (χ1) is 7.77. The predicted molar refractivity (Wildman–Crippen MR) is 62.2 cm³/mol. The zero-order chi connectivity index (χ0) is 11.4. The summed E-state index contributed by atoms with van der Waals surface area (Å²) in [5.41, 5.74) is 1.07. The Morgan fingerprint density at radius 3 is 2.56 bits per heavy atom. The lowest BCUT2D eigenvalue weighted by Crippen LogP contribution is -2.29. The molecule has 1 saturated heterocycles. The quantitative estimate of drug-likeness (QED) is 0.581. The fourth-order valence-corrected chi connectivity index (χ4v) is 2.18. The molecule has 1 aliphatic rings. The maximum absolute atomic E-state index is 10.9. The van der Waals surface area contributed by atoms with Crippen LogP contribution in [0.4, 0.5) is 5.69 Å². The minimum atomic E-state index is -0.292. The molecule has 1 aromatic rings. The number of hydrogen-bond donors (Lipinski definition) is 0. The number of benzene rings is 1. The van der Waals surface area contributed by atoms with Crippen LogP contribution in [0.15, 0.2) is 24.3 Å². The number of rotatable bonds is 3. The summed E-state index contributed by atoms with van der Waals surface area (Å²) in [5.74, 6) is 0. The van der Waals surface area contributed by atoms with Crippen LogP contribution < -0.4 is 0 Å². The molecule has 0 unspecified atom stereocenters. The van der Waals surface area contributed by atoms with Gasteiger partial charge in [0.2, 0.25) is 0 Å². The van der Waals surface area contributed by atoms with E-state index in [1.165, 1.54) is 19.3 Å². The molecule has 4 heteroatoms. The molecule has 0 radical (unpaired) electrons. The summed E-state index contributed by atoms with van der Waals surface area (Å²) >= 11 is 0. The molecule has 0 bridgehead atoms. The number of nitro benzene ring substituents is 1. The second kappa shape index (κ2) is 5.07. The molecule has 16 heavy (non-hydrogen) atoms. The van der Waals surface area contributed by atoms with Gasteiger partial charge in [-0.1, -0.05) is 24.6 Å². The molecule has 0 aromatic heterocycles. The van der Waals surface area contributed by atoms with Gasteiger partial charge < -0.3 is 0 Å². The van der Waals surface area contributed by atoms with Crippen LogP contribution >= 0.6 is 0 Å². The highest BCUT2D eigenvalue weighted by Crippen LogP contribution is 2.21. The molecule has 1 aromatic carbocycles. The van der Waals surface area contributed by atoms with Gasteiger partial charge in [0, 0.05) is 18.2 Å². The van der Waals surface area contributed by atoms with Crippen molar-refractivity contribution >= 4 is 5.69 Å². The number of para-hydroxylation sites is 1. The smallest absolute Gasteiger partial charge is 0.273 e. The molecule has 0 atom stereocenters. The van der Waals surface area contributed by atoms with Crippen molar-refractivity contribution in [1.82, 2.24) is 4.90 Å². The van der Waals surface area contributed by atoms with Crippen molar-refractivity contribution in [2.45, 2.75) is 25.8 Å². The number of hydrogen-bond acceptors (Lipinski definition) is 3. The van der Waals surface area contributed by atoms with Crippen LogP contribution in [0.1, 0.15) is 24.8 Å². The van der Waals surface area contributed by atoms with Gasteiger partial charge in [0.05, 0.1) is 4.92 Å². The average molecular weight is 220 g/mol. The Morgan fingerprint density at radius 2 is 1.88 bits per heavy atom. The summed E-state index contributed by atoms with van der Waals surface area (Å²) in [6.45, 7) is 2.83. The Hall–Kier alpha value is -1.42. The molecule has 0 N–H and O–H groups in total. The SMILES string of the molecule is O=[N+]([O-])c1ccccc1CN1CCCCC1. The van der Waals surface area contributed by atoms with Crippen LogP contribution in [0.3, 0.4) is 0 Å². The van der Waals surface area contributed by atoms with Crippen molar-refractivity contribution < 1.29 is 4.92 Å². The normalized spacial score (nSPS) is 17.2. The van der Waals surface area contributed by atoms with Crippen LogP contribution in [-0.2, 0) is 6.54 Å². The Labute approximate surface area is 95.0 Å². The van der Waals surface area contributed by atoms with Crippen LogP contribution in [0.2, 0.25) is 0 Å². The molecule has 86 valence electrons. The van der Waals surface area contributed by atoms with Crippen molar-refractivity contribution in [3.05, 3.63) is 39.9 Å². The molecule has 4 nitrogen and oxygen atoms in total. The van der Waals surface area contributed by atoms with E-state index in [9.17, 15) is 10.1 Å². The van der Waals surface area contributed by atoms with E-state index in [0.717, 1.165) is 18.7 Å². The van der Waals surface area contributed by atoms with Crippen molar-refractivity contribution in [1.29, 1.82) is 0 Å². The minimum absolute atomic E-state index is 0.244. The molecule has 2 rings (SSSR count). The highest BCUT2D eigenvalue weighted by molar-refractivity contribution is 5.39. The standard InChI is InChI=1S/C12H16N2O2/c15-14(16)12-7-3-2-6-11(12)10-13-8-4-1-5-9-13/h2-3,6-7H,1,4-5,8-10H2. The third kappa shape index (κ3) is 2.58. The maximum atomic E-state index is 10.9. The summed E-state index contributed by atoms with van der Waals surface area (Å²) in [4.78, 5) is 12.9. The third-order valence-electron chi connectivity index (χ3n) is 3.03. The molecule has 1 heterocycles. The van der Waals surface area contributed by atoms with Gasteiger partial charge >= 0.3 is 0 Å². The van der Waals surface area contributed by atoms with Gasteiger partial charge in [0.1, 0.15) is 0 Å². The van der Waals surface area contributed by atoms with Crippen molar-refractivity contribution in [3.63, 3.8) is 0 Å². The van der Waals surface area contributed by atoms with Gasteiger partial charge in [0.15, 0.2) is 0 Å². The zero-order valence-electron chi connectivity index (χ0n) is 9.26. The maximum Gasteiger partial charge on any atom is 0.273 e. The van der Waals surface area contributed by atoms with E-state index in [4.69, 9.17) is 0 Å². The molecule has 1 aliphatic heterocycles. The van der Waals surface area contributed by atoms with Gasteiger partial charge in [-0.25, -0.2) is 0 Å². The van der Waals surface area contributed by atoms with Crippen molar-refractivity contribution in [3.8, 4) is 0 Å². The van der Waals surface area contributed by atoms with Gasteiger partial charge in [-0.2, -0.15) is 0 Å². The lowest BCUT2D eigenvalue weighted by Gasteiger charge is -2.26. The highest BCUT2D eigenvalue weighted by Gasteiger charge is 2.16. The van der Waals surface area contributed by atoms with Gasteiger partial charge in [-0.05, 0) is 25.9 Å². The van der Waals surface area contributed by atoms with E-state index in [0.29, 0.717) is 6.54 Å². The summed E-state index contributed by atoms with van der Waals surface area (Å²) in [6, 6.07) is 7.02. The Morgan fingerprint density at radius 1 is 1.19 bits per heavy atom. The average Bonchev–Trinajstić information content (AvgIpc) is 2.31. The van der Waals surface area contributed by atoms with Crippen LogP contribution in [0.5, 0.6) is 0 Å². The number of nitrogens with zero attached hydrogens (tertiary/aromatic N) is 2. The van der Waals surface area contributed by atoms with E-state index in [2.05, 4.69) is 4.90 Å². The number of nitro groups is 1. The summed E-state index contributed by atoms with van der Waals surface area (Å²) in [7, 11) is 0. The molecular formula is C12H16N2O2. The Kier molecular flexibility index (Phi) is 3.51. The van der Waals surface area contributed by atoms with Crippen LogP contribution in [0.25, 0.3) is 0 Å². The highest BCUT2D eigenvalue weighted by atomic mass is 16.6. The van der Waals surface area contributed by atoms with Crippen LogP contribution in [0, 0.1) is 10.1 Å². The molecule has 0 aliphatic carbocycles. The van der Waals surface area contributed by atoms with Gasteiger partial charge in [0.25, 0.3) is 5.69 Å². The lowest BCUT2D eigenvalue weighted by molar-refractivity contribution is -0.385. The van der Waals surface area contributed by atoms with E-state index < -0.39 is 0 Å². The first-order valence-electron chi connectivity index (χ1n) is 5.72. The molecule has 0 amide bonds. The fourth-order valence-electron chi connectivity index (χ4n) is 2.18. The van der Waals surface area contributed by atoms with Crippen molar-refractivity contribution in [2.75, 3.05) is 13.1 Å². The summed E-state index contributed by atoms with van der Waals surface area (Å²) < 4.78 is 0. The monoisotopic (exact) mass is 220 g/mol. The van der Waals surface area contributed by atoms with Crippen molar-refractivity contribution in [2.24, 2.45) is 0 Å². The Balaban J connectivity index is 2.10. The fraction of sp³-hybridized carbons (Fsp3) is 0.500. The second-order valence-corrected chi connectivity index (χ2v) is 4.22. The van der Waals surface area contributed by atoms with E-state index in [-0.39, 0.29) is 10.6 Å². The lowest BCUT2D eigenvalue weighted by atomic mass is 10.1. The van der Waals surface area contributed by atoms with E-state index in [1.807, 2.05) is 12.1 Å². The predicted octanol–water partition coefficient (Wildman–Crippen LogP) is 2.58. The first kappa shape index (κ1) is 11.1. The van der Waals surface area contributed by atoms with Gasteiger partial charge in [-0.3, -0.25) is 15.0 Å². The largest absolute Gasteiger partial charge is 0.299 e. The van der Waals surface area contributed by atoms with Gasteiger partial charge in [-0.15, -0.1) is 0 Å². The molecular weight excluding hydrogens is 204 g/mol. The van der Waals surface area contributed by atoms with E-state index in [1.54, 1.807) is 12.1 Å². The first-order valence-corrected chi connectivity index (χ1v) is 5.72. The summed E-state index contributed by atoms with van der Waals surface area (Å²) in [6.07, 6.45) is 3.70. The molecule has 0 saturated carbocycles. The minimum Gasteiger partial charge on any atom is -0.299 e. The topological polar surface area (TPSA) is 46.4 Å². The number of piperidine rings is 1. The molecule has 1 fully saturated rings. The number of likely N-dealkylation sites (tertiary alicyclic amines) is 1. The zero-order valence-corrected chi connectivity index (χ0v) is 9.26. The third-order valence-corrected chi connectivity index (χ3v) is 3.03. The second-order valence-electron chi connectivity index (χ2n) is 4.22. The van der Waals surface area contributed by atoms with Crippen LogP contribution in [-0.4, -0.2) is 22.9 Å².